The van der Waals surface area contributed by atoms with Crippen molar-refractivity contribution in [2.75, 3.05) is 44.3 Å². The Morgan fingerprint density at radius 2 is 2.00 bits per heavy atom. The van der Waals surface area contributed by atoms with Gasteiger partial charge in [-0.05, 0) is 12.5 Å². The van der Waals surface area contributed by atoms with Crippen LogP contribution in [-0.2, 0) is 18.3 Å². The van der Waals surface area contributed by atoms with Gasteiger partial charge in [-0.3, -0.25) is 4.90 Å². The van der Waals surface area contributed by atoms with Crippen LogP contribution >= 0.6 is 0 Å². The maximum absolute atomic E-state index is 5.96. The van der Waals surface area contributed by atoms with Crippen molar-refractivity contribution in [2.24, 2.45) is 12.5 Å². The summed E-state index contributed by atoms with van der Waals surface area (Å²) >= 11 is 0. The smallest absolute Gasteiger partial charge is 0.225 e. The Kier molecular flexibility index (Phi) is 4.20. The molecule has 7 heteroatoms. The predicted octanol–water partition coefficient (Wildman–Crippen LogP) is 0.939. The second-order valence-corrected chi connectivity index (χ2v) is 6.94. The fourth-order valence-electron chi connectivity index (χ4n) is 3.77. The summed E-state index contributed by atoms with van der Waals surface area (Å²) in [5.74, 6) is 1.93. The van der Waals surface area contributed by atoms with Crippen molar-refractivity contribution >= 4 is 5.95 Å². The Bertz CT molecular complexity index is 675. The van der Waals surface area contributed by atoms with Gasteiger partial charge in [-0.1, -0.05) is 0 Å². The first-order valence-electron chi connectivity index (χ1n) is 8.52. The number of hydrogen-bond donors (Lipinski definition) is 0. The molecule has 0 aromatic carbocycles. The average Bonchev–Trinajstić information content (AvgIpc) is 3.13. The molecule has 0 aliphatic carbocycles. The second kappa shape index (κ2) is 6.49. The molecule has 2 saturated heterocycles. The van der Waals surface area contributed by atoms with E-state index in [1.807, 2.05) is 30.9 Å². The molecular weight excluding hydrogens is 304 g/mol. The van der Waals surface area contributed by atoms with Crippen LogP contribution in [-0.4, -0.2) is 63.8 Å². The minimum Gasteiger partial charge on any atom is -0.379 e. The number of aryl methyl sites for hydroxylation is 1. The van der Waals surface area contributed by atoms with Gasteiger partial charge in [0.15, 0.2) is 0 Å². The molecule has 4 rings (SSSR count). The van der Waals surface area contributed by atoms with E-state index in [1.165, 1.54) is 0 Å². The lowest BCUT2D eigenvalue weighted by molar-refractivity contribution is 0.0797. The van der Waals surface area contributed by atoms with Crippen LogP contribution in [0.15, 0.2) is 30.9 Å². The summed E-state index contributed by atoms with van der Waals surface area (Å²) in [6, 6.07) is 1.86. The van der Waals surface area contributed by atoms with Crippen LogP contribution in [0.1, 0.15) is 12.2 Å². The summed E-state index contributed by atoms with van der Waals surface area (Å²) in [5, 5.41) is 0. The molecule has 7 nitrogen and oxygen atoms in total. The topological polar surface area (TPSA) is 59.3 Å². The van der Waals surface area contributed by atoms with E-state index in [2.05, 4.69) is 36.4 Å². The maximum atomic E-state index is 5.96. The summed E-state index contributed by atoms with van der Waals surface area (Å²) in [5.41, 5.74) is 0.154. The van der Waals surface area contributed by atoms with Crippen LogP contribution in [0, 0.1) is 5.41 Å². The Labute approximate surface area is 142 Å². The molecule has 2 aliphatic rings. The van der Waals surface area contributed by atoms with Crippen molar-refractivity contribution in [1.82, 2.24) is 24.4 Å². The van der Waals surface area contributed by atoms with E-state index in [1.54, 1.807) is 0 Å². The third-order valence-corrected chi connectivity index (χ3v) is 5.08. The first-order chi connectivity index (χ1) is 11.7. The second-order valence-electron chi connectivity index (χ2n) is 6.94. The fraction of sp³-hybridized carbons (Fsp3) is 0.588. The summed E-state index contributed by atoms with van der Waals surface area (Å²) in [6.07, 6.45) is 8.60. The highest BCUT2D eigenvalue weighted by Crippen LogP contribution is 2.35. The van der Waals surface area contributed by atoms with E-state index >= 15 is 0 Å². The van der Waals surface area contributed by atoms with Crippen LogP contribution < -0.4 is 4.90 Å². The normalized spacial score (nSPS) is 25.3. The molecule has 2 aromatic heterocycles. The summed E-state index contributed by atoms with van der Waals surface area (Å²) in [4.78, 5) is 18.0. The Hall–Kier alpha value is -1.99. The van der Waals surface area contributed by atoms with Gasteiger partial charge < -0.3 is 14.2 Å². The molecule has 0 unspecified atom stereocenters. The van der Waals surface area contributed by atoms with Gasteiger partial charge >= 0.3 is 0 Å². The van der Waals surface area contributed by atoms with Crippen LogP contribution in [0.3, 0.4) is 0 Å². The number of nitrogens with zero attached hydrogens (tertiary/aromatic N) is 6. The molecule has 2 aromatic rings. The highest BCUT2D eigenvalue weighted by molar-refractivity contribution is 5.32. The zero-order valence-corrected chi connectivity index (χ0v) is 14.1. The van der Waals surface area contributed by atoms with Crippen molar-refractivity contribution < 1.29 is 4.74 Å². The molecule has 2 aliphatic heterocycles. The van der Waals surface area contributed by atoms with Crippen molar-refractivity contribution in [2.45, 2.75) is 13.0 Å². The van der Waals surface area contributed by atoms with Crippen LogP contribution in [0.5, 0.6) is 0 Å². The van der Waals surface area contributed by atoms with Gasteiger partial charge in [0.1, 0.15) is 5.82 Å². The Morgan fingerprint density at radius 3 is 2.79 bits per heavy atom. The highest BCUT2D eigenvalue weighted by Gasteiger charge is 2.42. The number of rotatable bonds is 3. The number of anilines is 1. The van der Waals surface area contributed by atoms with Crippen molar-refractivity contribution in [3.8, 4) is 0 Å². The van der Waals surface area contributed by atoms with Gasteiger partial charge in [0, 0.05) is 63.4 Å². The molecule has 128 valence electrons. The minimum absolute atomic E-state index is 0.154. The van der Waals surface area contributed by atoms with Crippen molar-refractivity contribution in [3.05, 3.63) is 36.7 Å². The average molecular weight is 328 g/mol. The van der Waals surface area contributed by atoms with Crippen LogP contribution in [0.25, 0.3) is 0 Å². The maximum Gasteiger partial charge on any atom is 0.225 e. The van der Waals surface area contributed by atoms with Gasteiger partial charge in [-0.2, -0.15) is 0 Å². The molecule has 0 amide bonds. The molecule has 24 heavy (non-hydrogen) atoms. The monoisotopic (exact) mass is 328 g/mol. The third-order valence-electron chi connectivity index (χ3n) is 5.08. The van der Waals surface area contributed by atoms with Gasteiger partial charge in [0.2, 0.25) is 5.95 Å². The van der Waals surface area contributed by atoms with E-state index in [0.29, 0.717) is 0 Å². The number of ether oxygens (including phenoxy) is 1. The molecule has 0 radical (unpaired) electrons. The number of hydrogen-bond acceptors (Lipinski definition) is 6. The third kappa shape index (κ3) is 3.14. The van der Waals surface area contributed by atoms with E-state index in [4.69, 9.17) is 4.74 Å². The molecule has 4 heterocycles. The Balaban J connectivity index is 1.47. The minimum atomic E-state index is 0.154. The predicted molar refractivity (Wildman–Crippen MR) is 90.6 cm³/mol. The van der Waals surface area contributed by atoms with Crippen molar-refractivity contribution in [3.63, 3.8) is 0 Å². The lowest BCUT2D eigenvalue weighted by Gasteiger charge is -2.31. The van der Waals surface area contributed by atoms with E-state index in [-0.39, 0.29) is 5.41 Å². The van der Waals surface area contributed by atoms with E-state index in [9.17, 15) is 0 Å². The van der Waals surface area contributed by atoms with Gasteiger partial charge in [-0.25, -0.2) is 15.0 Å². The first-order valence-corrected chi connectivity index (χ1v) is 8.52. The van der Waals surface area contributed by atoms with Gasteiger partial charge in [0.05, 0.1) is 19.8 Å². The lowest BCUT2D eigenvalue weighted by Crippen LogP contribution is -2.41. The Morgan fingerprint density at radius 1 is 1.12 bits per heavy atom. The zero-order chi connectivity index (χ0) is 16.4. The van der Waals surface area contributed by atoms with Gasteiger partial charge in [-0.15, -0.1) is 0 Å². The molecular formula is C17H24N6O. The van der Waals surface area contributed by atoms with Gasteiger partial charge in [0.25, 0.3) is 0 Å². The van der Waals surface area contributed by atoms with E-state index < -0.39 is 0 Å². The lowest BCUT2D eigenvalue weighted by atomic mass is 9.87. The molecule has 0 saturated carbocycles. The number of aromatic nitrogens is 4. The van der Waals surface area contributed by atoms with Crippen LogP contribution in [0.2, 0.25) is 0 Å². The largest absolute Gasteiger partial charge is 0.379 e. The summed E-state index contributed by atoms with van der Waals surface area (Å²) in [7, 11) is 2.05. The summed E-state index contributed by atoms with van der Waals surface area (Å²) in [6.45, 7) is 6.40. The molecule has 1 atom stereocenters. The molecule has 0 N–H and O–H groups in total. The molecule has 2 fully saturated rings. The fourth-order valence-corrected chi connectivity index (χ4v) is 3.77. The van der Waals surface area contributed by atoms with Crippen molar-refractivity contribution in [1.29, 1.82) is 0 Å². The first kappa shape index (κ1) is 15.5. The van der Waals surface area contributed by atoms with Crippen LogP contribution in [0.4, 0.5) is 5.95 Å². The molecule has 1 spiro atoms. The standard InChI is InChI=1S/C17H24N6O/c1-21-8-6-18-15(21)11-22-9-10-24-14-17(12-22)3-7-23(13-17)16-19-4-2-5-20-16/h2,4-6,8H,3,7,9-14H2,1H3/t17-/m0/s1. The van der Waals surface area contributed by atoms with E-state index in [0.717, 1.165) is 64.1 Å². The quantitative estimate of drug-likeness (QED) is 0.836. The zero-order valence-electron chi connectivity index (χ0n) is 14.1. The SMILES string of the molecule is Cn1ccnc1CN1CCOC[C@@]2(CCN(c3ncccn3)C2)C1. The number of imidazole rings is 1. The molecule has 0 bridgehead atoms. The summed E-state index contributed by atoms with van der Waals surface area (Å²) < 4.78 is 8.05. The highest BCUT2D eigenvalue weighted by atomic mass is 16.5.